The number of halogens is 1. The predicted octanol–water partition coefficient (Wildman–Crippen LogP) is 6.38. The van der Waals surface area contributed by atoms with Gasteiger partial charge in [0, 0.05) is 29.9 Å². The summed E-state index contributed by atoms with van der Waals surface area (Å²) in [4.78, 5) is 32.8. The summed E-state index contributed by atoms with van der Waals surface area (Å²) >= 11 is 8.18. The van der Waals surface area contributed by atoms with Crippen LogP contribution in [0.3, 0.4) is 0 Å². The Morgan fingerprint density at radius 2 is 2.00 bits per heavy atom. The van der Waals surface area contributed by atoms with Gasteiger partial charge in [-0.2, -0.15) is 0 Å². The summed E-state index contributed by atoms with van der Waals surface area (Å²) in [5.41, 5.74) is 2.86. The van der Waals surface area contributed by atoms with E-state index in [0.717, 1.165) is 46.8 Å². The van der Waals surface area contributed by atoms with Gasteiger partial charge in [0.25, 0.3) is 0 Å². The van der Waals surface area contributed by atoms with Gasteiger partial charge in [0.05, 0.1) is 22.6 Å². The number of rotatable bonds is 9. The first-order valence-corrected chi connectivity index (χ1v) is 15.4. The van der Waals surface area contributed by atoms with Crippen molar-refractivity contribution < 1.29 is 9.53 Å². The molecule has 8 nitrogen and oxygen atoms in total. The first-order chi connectivity index (χ1) is 20.1. The molecule has 5 heterocycles. The zero-order valence-corrected chi connectivity index (χ0v) is 24.5. The van der Waals surface area contributed by atoms with E-state index in [4.69, 9.17) is 16.3 Å². The van der Waals surface area contributed by atoms with E-state index in [9.17, 15) is 4.79 Å². The highest BCUT2D eigenvalue weighted by Crippen LogP contribution is 2.39. The average Bonchev–Trinajstić information content (AvgIpc) is 3.39. The lowest BCUT2D eigenvalue weighted by Crippen LogP contribution is -2.34. The molecule has 0 spiro atoms. The number of likely N-dealkylation sites (tertiary alicyclic amines) is 1. The van der Waals surface area contributed by atoms with Gasteiger partial charge in [-0.15, -0.1) is 11.3 Å². The first kappa shape index (κ1) is 27.6. The highest BCUT2D eigenvalue weighted by molar-refractivity contribution is 7.19. The number of ether oxygens (including phenoxy) is 1. The molecule has 41 heavy (non-hydrogen) atoms. The molecule has 0 bridgehead atoms. The molecule has 4 aromatic rings. The van der Waals surface area contributed by atoms with E-state index >= 15 is 0 Å². The van der Waals surface area contributed by atoms with Crippen LogP contribution in [0.1, 0.15) is 41.8 Å². The standard InChI is InChI=1S/C31H33ClN6O2S/c32-25-18-22(10-11-26(25)40-20-23-8-2-4-13-33-23)36-30-29-24-12-17-38(19-27(24)41-31(29)35-21-34-30)28(39)9-3-7-16-37-14-5-1-6-15-37/h2-4,8-11,13,18,21H,1,5-7,12,14-17,19-20H2,(H,34,35,36). The number of nitrogens with zero attached hydrogens (tertiary/aromatic N) is 5. The fourth-order valence-corrected chi connectivity index (χ4v) is 6.85. The summed E-state index contributed by atoms with van der Waals surface area (Å²) in [6, 6.07) is 11.3. The summed E-state index contributed by atoms with van der Waals surface area (Å²) in [6.45, 7) is 5.01. The van der Waals surface area contributed by atoms with Gasteiger partial charge in [-0.05, 0) is 80.7 Å². The number of carbonyl (C=O) groups excluding carboxylic acids is 1. The minimum atomic E-state index is 0.0798. The minimum absolute atomic E-state index is 0.0798. The van der Waals surface area contributed by atoms with Crippen LogP contribution in [0.4, 0.5) is 11.5 Å². The topological polar surface area (TPSA) is 83.5 Å². The molecule has 3 aromatic heterocycles. The number of thiophene rings is 1. The molecule has 1 N–H and O–H groups in total. The molecule has 6 rings (SSSR count). The summed E-state index contributed by atoms with van der Waals surface area (Å²) in [5.74, 6) is 1.41. The van der Waals surface area contributed by atoms with Crippen LogP contribution in [0.25, 0.3) is 10.2 Å². The summed E-state index contributed by atoms with van der Waals surface area (Å²) in [6.07, 6.45) is 12.7. The molecule has 212 valence electrons. The number of nitrogens with one attached hydrogen (secondary N) is 1. The largest absolute Gasteiger partial charge is 0.486 e. The molecular formula is C31H33ClN6O2S. The number of pyridine rings is 1. The molecule has 0 atom stereocenters. The van der Waals surface area contributed by atoms with Crippen molar-refractivity contribution in [1.29, 1.82) is 0 Å². The first-order valence-electron chi connectivity index (χ1n) is 14.2. The van der Waals surface area contributed by atoms with Crippen LogP contribution in [-0.4, -0.2) is 56.8 Å². The van der Waals surface area contributed by atoms with Crippen molar-refractivity contribution in [3.8, 4) is 5.75 Å². The lowest BCUT2D eigenvalue weighted by atomic mass is 10.0. The van der Waals surface area contributed by atoms with Crippen LogP contribution < -0.4 is 10.1 Å². The van der Waals surface area contributed by atoms with Crippen LogP contribution in [0.5, 0.6) is 5.75 Å². The van der Waals surface area contributed by atoms with Gasteiger partial charge in [-0.25, -0.2) is 9.97 Å². The Morgan fingerprint density at radius 1 is 1.10 bits per heavy atom. The highest BCUT2D eigenvalue weighted by atomic mass is 35.5. The second-order valence-corrected chi connectivity index (χ2v) is 11.9. The smallest absolute Gasteiger partial charge is 0.246 e. The highest BCUT2D eigenvalue weighted by Gasteiger charge is 2.25. The molecule has 0 saturated carbocycles. The number of piperidine rings is 1. The summed E-state index contributed by atoms with van der Waals surface area (Å²) in [5, 5.41) is 4.95. The number of carbonyl (C=O) groups is 1. The molecule has 2 aliphatic heterocycles. The number of anilines is 2. The lowest BCUT2D eigenvalue weighted by molar-refractivity contribution is -0.126. The van der Waals surface area contributed by atoms with Crippen molar-refractivity contribution in [2.24, 2.45) is 0 Å². The van der Waals surface area contributed by atoms with Crippen molar-refractivity contribution in [1.82, 2.24) is 24.8 Å². The minimum Gasteiger partial charge on any atom is -0.486 e. The normalized spacial score (nSPS) is 15.8. The molecule has 1 amide bonds. The molecule has 0 radical (unpaired) electrons. The van der Waals surface area contributed by atoms with E-state index in [-0.39, 0.29) is 5.91 Å². The quantitative estimate of drug-likeness (QED) is 0.227. The second kappa shape index (κ2) is 13.0. The second-order valence-electron chi connectivity index (χ2n) is 10.4. The molecule has 0 unspecified atom stereocenters. The van der Waals surface area contributed by atoms with E-state index in [0.29, 0.717) is 30.5 Å². The van der Waals surface area contributed by atoms with E-state index in [2.05, 4.69) is 25.2 Å². The Labute approximate surface area is 249 Å². The molecule has 2 aliphatic rings. The Kier molecular flexibility index (Phi) is 8.74. The maximum Gasteiger partial charge on any atom is 0.246 e. The van der Waals surface area contributed by atoms with Crippen molar-refractivity contribution in [2.45, 2.75) is 45.3 Å². The van der Waals surface area contributed by atoms with Crippen molar-refractivity contribution in [2.75, 3.05) is 31.5 Å². The van der Waals surface area contributed by atoms with E-state index in [1.165, 1.54) is 42.8 Å². The van der Waals surface area contributed by atoms with Gasteiger partial charge < -0.3 is 19.9 Å². The third kappa shape index (κ3) is 6.69. The number of hydrogen-bond donors (Lipinski definition) is 1. The fourth-order valence-electron chi connectivity index (χ4n) is 5.41. The molecule has 1 aromatic carbocycles. The van der Waals surface area contributed by atoms with Gasteiger partial charge in [0.15, 0.2) is 0 Å². The third-order valence-electron chi connectivity index (χ3n) is 7.57. The number of aromatic nitrogens is 3. The number of amides is 1. The molecule has 1 saturated heterocycles. The van der Waals surface area contributed by atoms with Crippen LogP contribution in [0.2, 0.25) is 5.02 Å². The van der Waals surface area contributed by atoms with Crippen molar-refractivity contribution in [3.63, 3.8) is 0 Å². The summed E-state index contributed by atoms with van der Waals surface area (Å²) in [7, 11) is 0. The Balaban J connectivity index is 1.10. The average molecular weight is 589 g/mol. The van der Waals surface area contributed by atoms with Gasteiger partial charge >= 0.3 is 0 Å². The zero-order valence-electron chi connectivity index (χ0n) is 22.9. The van der Waals surface area contributed by atoms with E-state index < -0.39 is 0 Å². The number of benzene rings is 1. The zero-order chi connectivity index (χ0) is 28.0. The van der Waals surface area contributed by atoms with E-state index in [1.807, 2.05) is 47.4 Å². The Morgan fingerprint density at radius 3 is 2.83 bits per heavy atom. The number of hydrogen-bond acceptors (Lipinski definition) is 8. The van der Waals surface area contributed by atoms with Gasteiger partial charge in [0.2, 0.25) is 5.91 Å². The maximum atomic E-state index is 12.9. The molecule has 10 heteroatoms. The molecule has 1 fully saturated rings. The summed E-state index contributed by atoms with van der Waals surface area (Å²) < 4.78 is 5.86. The Bertz CT molecular complexity index is 1540. The lowest BCUT2D eigenvalue weighted by Gasteiger charge is -2.26. The predicted molar refractivity (Wildman–Crippen MR) is 164 cm³/mol. The number of fused-ring (bicyclic) bond motifs is 3. The van der Waals surface area contributed by atoms with E-state index in [1.54, 1.807) is 29.9 Å². The monoisotopic (exact) mass is 588 g/mol. The molecular weight excluding hydrogens is 556 g/mol. The Hall–Kier alpha value is -3.53. The van der Waals surface area contributed by atoms with Crippen molar-refractivity contribution >= 4 is 50.6 Å². The van der Waals surface area contributed by atoms with Gasteiger partial charge in [-0.1, -0.05) is 30.2 Å². The fraction of sp³-hybridized carbons (Fsp3) is 0.355. The van der Waals surface area contributed by atoms with Crippen LogP contribution in [-0.2, 0) is 24.4 Å². The third-order valence-corrected chi connectivity index (χ3v) is 8.99. The van der Waals surface area contributed by atoms with Gasteiger partial charge in [-0.3, -0.25) is 9.78 Å². The van der Waals surface area contributed by atoms with Crippen LogP contribution >= 0.6 is 22.9 Å². The maximum absolute atomic E-state index is 12.9. The van der Waals surface area contributed by atoms with Gasteiger partial charge in [0.1, 0.15) is 29.3 Å². The SMILES string of the molecule is O=C(C=CCCN1CCCCC1)N1CCc2c(sc3ncnc(Nc4ccc(OCc5ccccn5)c(Cl)c4)c23)C1. The van der Waals surface area contributed by atoms with Crippen LogP contribution in [0.15, 0.2) is 61.1 Å². The van der Waals surface area contributed by atoms with Crippen molar-refractivity contribution in [3.05, 3.63) is 82.2 Å². The molecule has 0 aliphatic carbocycles. The van der Waals surface area contributed by atoms with Crippen LogP contribution in [0, 0.1) is 0 Å².